The second-order valence-electron chi connectivity index (χ2n) is 6.56. The van der Waals surface area contributed by atoms with Crippen molar-refractivity contribution in [3.05, 3.63) is 41.5 Å². The second-order valence-corrected chi connectivity index (χ2v) is 6.56. The van der Waals surface area contributed by atoms with E-state index in [-0.39, 0.29) is 11.3 Å². The summed E-state index contributed by atoms with van der Waals surface area (Å²) in [7, 11) is 0. The van der Waals surface area contributed by atoms with Crippen LogP contribution in [0.5, 0.6) is 0 Å². The van der Waals surface area contributed by atoms with Crippen LogP contribution in [0.1, 0.15) is 64.5 Å². The predicted octanol–water partition coefficient (Wildman–Crippen LogP) is 4.69. The molecule has 0 spiro atoms. The summed E-state index contributed by atoms with van der Waals surface area (Å²) in [6.45, 7) is 9.55. The smallest absolute Gasteiger partial charge is 0.243 e. The summed E-state index contributed by atoms with van der Waals surface area (Å²) in [5, 5.41) is 2.92. The summed E-state index contributed by atoms with van der Waals surface area (Å²) in [6.07, 6.45) is 8.20. The van der Waals surface area contributed by atoms with Gasteiger partial charge in [-0.05, 0) is 29.0 Å². The molecule has 1 N–H and O–H groups in total. The maximum Gasteiger partial charge on any atom is 0.243 e. The third-order valence-electron chi connectivity index (χ3n) is 3.53. The van der Waals surface area contributed by atoms with E-state index in [1.807, 2.05) is 6.08 Å². The number of carbonyl (C=O) groups is 1. The van der Waals surface area contributed by atoms with Crippen LogP contribution in [0.15, 0.2) is 30.3 Å². The molecule has 0 radical (unpaired) electrons. The molecule has 1 aromatic carbocycles. The normalized spacial score (nSPS) is 11.8. The number of hydrogen-bond acceptors (Lipinski definition) is 1. The summed E-state index contributed by atoms with van der Waals surface area (Å²) >= 11 is 0. The molecule has 0 saturated heterocycles. The maximum atomic E-state index is 11.7. The van der Waals surface area contributed by atoms with Gasteiger partial charge in [-0.1, -0.05) is 71.2 Å². The highest BCUT2D eigenvalue weighted by atomic mass is 16.1. The Morgan fingerprint density at radius 2 is 1.76 bits per heavy atom. The van der Waals surface area contributed by atoms with Crippen LogP contribution in [0.3, 0.4) is 0 Å². The number of carbonyl (C=O) groups excluding carboxylic acids is 1. The molecule has 2 nitrogen and oxygen atoms in total. The zero-order valence-electron chi connectivity index (χ0n) is 13.9. The van der Waals surface area contributed by atoms with Crippen LogP contribution in [0.4, 0.5) is 0 Å². The Bertz CT molecular complexity index is 451. The minimum absolute atomic E-state index is 0.00797. The summed E-state index contributed by atoms with van der Waals surface area (Å²) in [5.41, 5.74) is 2.53. The van der Waals surface area contributed by atoms with Crippen LogP contribution < -0.4 is 5.32 Å². The third kappa shape index (κ3) is 7.12. The SMILES string of the molecule is CCCCCCNC(=O)/C=C/c1ccc(C(C)(C)C)cc1. The lowest BCUT2D eigenvalue weighted by molar-refractivity contribution is -0.116. The molecule has 21 heavy (non-hydrogen) atoms. The van der Waals surface area contributed by atoms with Gasteiger partial charge in [0.05, 0.1) is 0 Å². The molecule has 1 amide bonds. The molecule has 0 aromatic heterocycles. The number of hydrogen-bond donors (Lipinski definition) is 1. The van der Waals surface area contributed by atoms with Crippen LogP contribution >= 0.6 is 0 Å². The lowest BCUT2D eigenvalue weighted by Crippen LogP contribution is -2.21. The molecule has 0 heterocycles. The molecular weight excluding hydrogens is 258 g/mol. The molecule has 0 unspecified atom stereocenters. The largest absolute Gasteiger partial charge is 0.353 e. The third-order valence-corrected chi connectivity index (χ3v) is 3.53. The summed E-state index contributed by atoms with van der Waals surface area (Å²) in [4.78, 5) is 11.7. The van der Waals surface area contributed by atoms with E-state index < -0.39 is 0 Å². The van der Waals surface area contributed by atoms with Crippen molar-refractivity contribution in [2.75, 3.05) is 6.54 Å². The molecule has 1 aromatic rings. The Balaban J connectivity index is 2.40. The molecule has 2 heteroatoms. The van der Waals surface area contributed by atoms with Crippen molar-refractivity contribution in [3.63, 3.8) is 0 Å². The Hall–Kier alpha value is -1.57. The molecule has 1 rings (SSSR count). The van der Waals surface area contributed by atoms with Gasteiger partial charge >= 0.3 is 0 Å². The average Bonchev–Trinajstić information content (AvgIpc) is 2.44. The topological polar surface area (TPSA) is 29.1 Å². The van der Waals surface area contributed by atoms with Crippen molar-refractivity contribution in [1.82, 2.24) is 5.32 Å². The van der Waals surface area contributed by atoms with Gasteiger partial charge in [0, 0.05) is 12.6 Å². The van der Waals surface area contributed by atoms with E-state index in [9.17, 15) is 4.79 Å². The number of benzene rings is 1. The van der Waals surface area contributed by atoms with E-state index in [4.69, 9.17) is 0 Å². The Morgan fingerprint density at radius 3 is 2.33 bits per heavy atom. The fourth-order valence-corrected chi connectivity index (χ4v) is 2.09. The molecule has 0 fully saturated rings. The van der Waals surface area contributed by atoms with E-state index in [1.54, 1.807) is 6.08 Å². The molecular formula is C19H29NO. The first-order chi connectivity index (χ1) is 9.93. The number of rotatable bonds is 7. The van der Waals surface area contributed by atoms with Crippen molar-refractivity contribution >= 4 is 12.0 Å². The first-order valence-corrected chi connectivity index (χ1v) is 8.00. The Kier molecular flexibility index (Phi) is 7.21. The zero-order chi connectivity index (χ0) is 15.7. The first-order valence-electron chi connectivity index (χ1n) is 8.00. The number of amides is 1. The summed E-state index contributed by atoms with van der Waals surface area (Å²) < 4.78 is 0. The van der Waals surface area contributed by atoms with Crippen LogP contribution in [0, 0.1) is 0 Å². The van der Waals surface area contributed by atoms with Crippen molar-refractivity contribution in [1.29, 1.82) is 0 Å². The molecule has 0 aliphatic rings. The Morgan fingerprint density at radius 1 is 1.10 bits per heavy atom. The van der Waals surface area contributed by atoms with E-state index in [0.717, 1.165) is 18.5 Å². The average molecular weight is 287 g/mol. The Labute approximate surface area is 129 Å². The van der Waals surface area contributed by atoms with Gasteiger partial charge in [0.15, 0.2) is 0 Å². The zero-order valence-corrected chi connectivity index (χ0v) is 13.9. The van der Waals surface area contributed by atoms with E-state index in [2.05, 4.69) is 57.3 Å². The minimum atomic E-state index is -0.00797. The van der Waals surface area contributed by atoms with E-state index in [1.165, 1.54) is 24.8 Å². The second kappa shape index (κ2) is 8.66. The van der Waals surface area contributed by atoms with Crippen LogP contribution in [-0.4, -0.2) is 12.5 Å². The number of nitrogens with one attached hydrogen (secondary N) is 1. The predicted molar refractivity (Wildman–Crippen MR) is 91.3 cm³/mol. The quantitative estimate of drug-likeness (QED) is 0.572. The van der Waals surface area contributed by atoms with Gasteiger partial charge in [-0.3, -0.25) is 4.79 Å². The lowest BCUT2D eigenvalue weighted by atomic mass is 9.87. The number of unbranched alkanes of at least 4 members (excludes halogenated alkanes) is 3. The molecule has 116 valence electrons. The fourth-order valence-electron chi connectivity index (χ4n) is 2.09. The van der Waals surface area contributed by atoms with Gasteiger partial charge in [0.2, 0.25) is 5.91 Å². The van der Waals surface area contributed by atoms with Gasteiger partial charge in [-0.2, -0.15) is 0 Å². The highest BCUT2D eigenvalue weighted by molar-refractivity contribution is 5.91. The van der Waals surface area contributed by atoms with Gasteiger partial charge in [-0.15, -0.1) is 0 Å². The highest BCUT2D eigenvalue weighted by Crippen LogP contribution is 2.22. The molecule has 0 bridgehead atoms. The first kappa shape index (κ1) is 17.5. The van der Waals surface area contributed by atoms with Gasteiger partial charge in [0.1, 0.15) is 0 Å². The van der Waals surface area contributed by atoms with Crippen LogP contribution in [0.25, 0.3) is 6.08 Å². The summed E-state index contributed by atoms with van der Waals surface area (Å²) in [6, 6.07) is 8.38. The lowest BCUT2D eigenvalue weighted by Gasteiger charge is -2.18. The van der Waals surface area contributed by atoms with Gasteiger partial charge in [0.25, 0.3) is 0 Å². The van der Waals surface area contributed by atoms with Gasteiger partial charge < -0.3 is 5.32 Å². The highest BCUT2D eigenvalue weighted by Gasteiger charge is 2.12. The van der Waals surface area contributed by atoms with Gasteiger partial charge in [-0.25, -0.2) is 0 Å². The van der Waals surface area contributed by atoms with E-state index in [0.29, 0.717) is 0 Å². The molecule has 0 aliphatic heterocycles. The van der Waals surface area contributed by atoms with Crippen molar-refractivity contribution < 1.29 is 4.79 Å². The van der Waals surface area contributed by atoms with Crippen molar-refractivity contribution in [3.8, 4) is 0 Å². The molecule has 0 atom stereocenters. The summed E-state index contributed by atoms with van der Waals surface area (Å²) in [5.74, 6) is -0.00797. The molecule has 0 saturated carbocycles. The molecule has 0 aliphatic carbocycles. The van der Waals surface area contributed by atoms with E-state index >= 15 is 0 Å². The maximum absolute atomic E-state index is 11.7. The minimum Gasteiger partial charge on any atom is -0.353 e. The van der Waals surface area contributed by atoms with Crippen molar-refractivity contribution in [2.24, 2.45) is 0 Å². The standard InChI is InChI=1S/C19H29NO/c1-5-6-7-8-15-20-18(21)14-11-16-9-12-17(13-10-16)19(2,3)4/h9-14H,5-8,15H2,1-4H3,(H,20,21)/b14-11+. The fraction of sp³-hybridized carbons (Fsp3) is 0.526. The van der Waals surface area contributed by atoms with Crippen LogP contribution in [0.2, 0.25) is 0 Å². The van der Waals surface area contributed by atoms with Crippen LogP contribution in [-0.2, 0) is 10.2 Å². The monoisotopic (exact) mass is 287 g/mol. The van der Waals surface area contributed by atoms with Crippen molar-refractivity contribution in [2.45, 2.75) is 58.8 Å².